The molecule has 2 aromatic carbocycles. The van der Waals surface area contributed by atoms with Crippen molar-refractivity contribution in [3.05, 3.63) is 53.4 Å². The van der Waals surface area contributed by atoms with E-state index < -0.39 is 17.8 Å². The van der Waals surface area contributed by atoms with Crippen LogP contribution in [-0.4, -0.2) is 81.0 Å². The van der Waals surface area contributed by atoms with Crippen molar-refractivity contribution in [3.8, 4) is 35.1 Å². The minimum absolute atomic E-state index is 0.0393. The summed E-state index contributed by atoms with van der Waals surface area (Å²) in [6.07, 6.45) is 13.0. The van der Waals surface area contributed by atoms with Gasteiger partial charge >= 0.3 is 0 Å². The van der Waals surface area contributed by atoms with Gasteiger partial charge in [-0.3, -0.25) is 4.90 Å². The molecule has 4 aromatic rings. The van der Waals surface area contributed by atoms with E-state index in [1.54, 1.807) is 0 Å². The van der Waals surface area contributed by atoms with E-state index in [1.165, 1.54) is 24.3 Å². The van der Waals surface area contributed by atoms with Crippen LogP contribution < -0.4 is 15.0 Å². The first-order chi connectivity index (χ1) is 22.3. The molecule has 5 atom stereocenters. The monoisotopic (exact) mass is 624 g/mol. The average Bonchev–Trinajstić information content (AvgIpc) is 3.67. The molecule has 5 aliphatic heterocycles. The highest BCUT2D eigenvalue weighted by Crippen LogP contribution is 2.46. The molecule has 2 aromatic heterocycles. The number of hydrogen-bond acceptors (Lipinski definition) is 8. The Balaban J connectivity index is 1.28. The molecule has 9 rings (SSSR count). The first kappa shape index (κ1) is 27.9. The number of terminal acetylenes is 1. The van der Waals surface area contributed by atoms with Gasteiger partial charge in [0.25, 0.3) is 0 Å². The number of aromatic hydroxyl groups is 1. The molecular weight excluding hydrogens is 593 g/mol. The van der Waals surface area contributed by atoms with Crippen molar-refractivity contribution in [3.63, 3.8) is 0 Å². The predicted molar refractivity (Wildman–Crippen MR) is 168 cm³/mol. The first-order valence-electron chi connectivity index (χ1n) is 15.9. The molecule has 46 heavy (non-hydrogen) atoms. The normalized spacial score (nSPS) is 28.4. The van der Waals surface area contributed by atoms with Gasteiger partial charge in [-0.05, 0) is 61.9 Å². The number of ether oxygens (including phenoxy) is 1. The van der Waals surface area contributed by atoms with Crippen molar-refractivity contribution >= 4 is 33.7 Å². The van der Waals surface area contributed by atoms with E-state index in [9.17, 15) is 13.9 Å². The summed E-state index contributed by atoms with van der Waals surface area (Å²) in [6.45, 7) is 2.15. The number of phenolic OH excluding ortho intramolecular Hbond substituents is 1. The lowest BCUT2D eigenvalue weighted by Crippen LogP contribution is -2.60. The second-order valence-electron chi connectivity index (χ2n) is 13.2. The van der Waals surface area contributed by atoms with Gasteiger partial charge in [-0.25, -0.2) is 28.1 Å². The summed E-state index contributed by atoms with van der Waals surface area (Å²) in [7, 11) is 0. The fourth-order valence-electron chi connectivity index (χ4n) is 8.60. The van der Waals surface area contributed by atoms with Gasteiger partial charge in [0.15, 0.2) is 23.0 Å². The summed E-state index contributed by atoms with van der Waals surface area (Å²) in [4.78, 5) is 18.9. The largest absolute Gasteiger partial charge is 0.508 e. The third-order valence-corrected chi connectivity index (χ3v) is 10.6. The molecule has 234 valence electrons. The molecule has 4 saturated heterocycles. The summed E-state index contributed by atoms with van der Waals surface area (Å²) in [5.41, 5.74) is -0.277. The highest BCUT2D eigenvalue weighted by Gasteiger charge is 2.47. The van der Waals surface area contributed by atoms with Crippen molar-refractivity contribution in [2.24, 2.45) is 0 Å². The molecule has 5 aliphatic rings. The third kappa shape index (κ3) is 4.06. The Kier molecular flexibility index (Phi) is 6.09. The number of alkyl halides is 1. The van der Waals surface area contributed by atoms with Crippen LogP contribution in [0.25, 0.3) is 39.1 Å². The summed E-state index contributed by atoms with van der Waals surface area (Å²) >= 11 is 0. The topological polar surface area (TPSA) is 86.6 Å². The lowest BCUT2D eigenvalue weighted by atomic mass is 9.93. The van der Waals surface area contributed by atoms with E-state index in [2.05, 4.69) is 21.0 Å². The zero-order valence-electron chi connectivity index (χ0n) is 24.9. The zero-order valence-corrected chi connectivity index (χ0v) is 24.9. The van der Waals surface area contributed by atoms with Gasteiger partial charge in [0.1, 0.15) is 41.2 Å². The average molecular weight is 625 g/mol. The lowest BCUT2D eigenvalue weighted by molar-refractivity contribution is 0.237. The fraction of sp³-hybridized carbons (Fsp3) is 0.400. The summed E-state index contributed by atoms with van der Waals surface area (Å²) in [6, 6.07) is 5.81. The van der Waals surface area contributed by atoms with Crippen LogP contribution in [0.4, 0.5) is 19.0 Å². The van der Waals surface area contributed by atoms with Crippen LogP contribution in [0.3, 0.4) is 0 Å². The quantitative estimate of drug-likeness (QED) is 0.305. The Morgan fingerprint density at radius 3 is 2.89 bits per heavy atom. The van der Waals surface area contributed by atoms with Gasteiger partial charge < -0.3 is 20.1 Å². The maximum atomic E-state index is 16.8. The third-order valence-electron chi connectivity index (χ3n) is 10.6. The van der Waals surface area contributed by atoms with Crippen LogP contribution in [0, 0.1) is 24.0 Å². The molecule has 8 nitrogen and oxygen atoms in total. The number of piperazine rings is 1. The van der Waals surface area contributed by atoms with E-state index in [4.69, 9.17) is 26.1 Å². The second kappa shape index (κ2) is 10.0. The molecule has 11 heteroatoms. The summed E-state index contributed by atoms with van der Waals surface area (Å²) < 4.78 is 52.6. The van der Waals surface area contributed by atoms with Crippen molar-refractivity contribution < 1.29 is 23.0 Å². The van der Waals surface area contributed by atoms with Crippen LogP contribution in [0.2, 0.25) is 0 Å². The van der Waals surface area contributed by atoms with E-state index in [0.29, 0.717) is 41.9 Å². The van der Waals surface area contributed by atoms with Crippen LogP contribution in [0.1, 0.15) is 43.5 Å². The van der Waals surface area contributed by atoms with Crippen molar-refractivity contribution in [1.29, 1.82) is 0 Å². The maximum absolute atomic E-state index is 16.8. The highest BCUT2D eigenvalue weighted by molar-refractivity contribution is 6.03. The van der Waals surface area contributed by atoms with E-state index in [0.717, 1.165) is 32.2 Å². The van der Waals surface area contributed by atoms with Crippen LogP contribution in [0.15, 0.2) is 30.3 Å². The molecule has 0 aliphatic carbocycles. The minimum atomic E-state index is -0.883. The Morgan fingerprint density at radius 1 is 1.13 bits per heavy atom. The smallest absolute Gasteiger partial charge is 0.192 e. The van der Waals surface area contributed by atoms with Gasteiger partial charge in [-0.15, -0.1) is 6.42 Å². The SMILES string of the molecule is C#Cc1c(F)ccc2cc(O)cc(-c3nc4nc(/C=C/[C@@]56CCCN5C[C@H](F)C6)nc5c4c(c3F)OCC3C4CCC(CN53)N4)c12. The molecule has 0 radical (unpaired) electrons. The number of halogens is 3. The minimum Gasteiger partial charge on any atom is -0.508 e. The van der Waals surface area contributed by atoms with Crippen molar-refractivity contribution in [2.45, 2.75) is 61.9 Å². The number of fused-ring (bicyclic) bond motifs is 7. The van der Waals surface area contributed by atoms with Crippen LogP contribution in [-0.2, 0) is 0 Å². The highest BCUT2D eigenvalue weighted by atomic mass is 19.1. The maximum Gasteiger partial charge on any atom is 0.192 e. The number of phenols is 1. The van der Waals surface area contributed by atoms with Gasteiger partial charge in [-0.1, -0.05) is 18.1 Å². The van der Waals surface area contributed by atoms with E-state index in [1.807, 2.05) is 12.2 Å². The molecular formula is C35H31F3N6O2. The molecule has 0 amide bonds. The molecule has 3 unspecified atom stereocenters. The number of nitrogens with zero attached hydrogens (tertiary/aromatic N) is 5. The molecule has 7 heterocycles. The van der Waals surface area contributed by atoms with Gasteiger partial charge in [-0.2, -0.15) is 0 Å². The van der Waals surface area contributed by atoms with Crippen molar-refractivity contribution in [2.75, 3.05) is 31.1 Å². The van der Waals surface area contributed by atoms with Crippen LogP contribution in [0.5, 0.6) is 11.5 Å². The number of pyridine rings is 1. The molecule has 2 N–H and O–H groups in total. The molecule has 0 spiro atoms. The van der Waals surface area contributed by atoms with Gasteiger partial charge in [0.2, 0.25) is 0 Å². The Labute approximate surface area is 263 Å². The lowest BCUT2D eigenvalue weighted by Gasteiger charge is -2.40. The number of hydrogen-bond donors (Lipinski definition) is 2. The Bertz CT molecular complexity index is 2030. The van der Waals surface area contributed by atoms with E-state index >= 15 is 4.39 Å². The Hall–Kier alpha value is -4.40. The summed E-state index contributed by atoms with van der Waals surface area (Å²) in [5.74, 6) is 1.71. The van der Waals surface area contributed by atoms with Crippen LogP contribution >= 0.6 is 0 Å². The molecule has 2 bridgehead atoms. The zero-order chi connectivity index (χ0) is 31.3. The molecule has 4 fully saturated rings. The van der Waals surface area contributed by atoms with E-state index in [-0.39, 0.29) is 69.6 Å². The second-order valence-corrected chi connectivity index (χ2v) is 13.2. The number of anilines is 1. The number of aromatic nitrogens is 3. The standard InChI is InChI=1S/C35H31F3N6O2/c1-2-22-24(37)6-4-18-12-21(45)13-23(28(18)22)31-30(38)32-29-33(42-31)40-27(8-10-35-9-3-11-43(35)15-19(36)14-35)41-34(29)44-16-20-5-7-25(39-20)26(44)17-46-32/h1,4,6,8,10,12-13,19-20,25-26,39,45H,3,5,7,9,11,14-17H2/b10-8+/t19-,20?,25?,26?,35-/m1/s1. The van der Waals surface area contributed by atoms with Gasteiger partial charge in [0, 0.05) is 48.1 Å². The first-order valence-corrected chi connectivity index (χ1v) is 15.9. The summed E-state index contributed by atoms with van der Waals surface area (Å²) in [5, 5.41) is 15.4. The Morgan fingerprint density at radius 2 is 2.02 bits per heavy atom. The predicted octanol–water partition coefficient (Wildman–Crippen LogP) is 5.10. The number of rotatable bonds is 3. The van der Waals surface area contributed by atoms with Gasteiger partial charge in [0.05, 0.1) is 11.6 Å². The number of nitrogens with one attached hydrogen (secondary N) is 1. The fourth-order valence-corrected chi connectivity index (χ4v) is 8.60. The number of benzene rings is 2. The molecule has 0 saturated carbocycles. The van der Waals surface area contributed by atoms with Crippen molar-refractivity contribution in [1.82, 2.24) is 25.2 Å².